The van der Waals surface area contributed by atoms with Gasteiger partial charge in [-0.25, -0.2) is 0 Å². The van der Waals surface area contributed by atoms with Gasteiger partial charge >= 0.3 is 6.18 Å². The van der Waals surface area contributed by atoms with E-state index in [2.05, 4.69) is 11.9 Å². The van der Waals surface area contributed by atoms with E-state index in [4.69, 9.17) is 4.74 Å². The minimum atomic E-state index is -4.53. The Hall–Kier alpha value is -2.77. The highest BCUT2D eigenvalue weighted by atomic mass is 19.4. The lowest BCUT2D eigenvalue weighted by Crippen LogP contribution is -2.49. The van der Waals surface area contributed by atoms with E-state index in [1.165, 1.54) is 32.3 Å². The van der Waals surface area contributed by atoms with Gasteiger partial charge in [-0.2, -0.15) is 13.2 Å². The first-order valence-corrected chi connectivity index (χ1v) is 7.75. The third-order valence-corrected chi connectivity index (χ3v) is 3.30. The summed E-state index contributed by atoms with van der Waals surface area (Å²) in [5.41, 5.74) is 0.727. The average Bonchev–Trinajstić information content (AvgIpc) is 2.58. The Morgan fingerprint density at radius 3 is 2.42 bits per heavy atom. The summed E-state index contributed by atoms with van der Waals surface area (Å²) in [5, 5.41) is 2.35. The number of carbonyl (C=O) groups excluding carboxylic acids is 2. The van der Waals surface area contributed by atoms with E-state index in [0.29, 0.717) is 10.6 Å². The van der Waals surface area contributed by atoms with Gasteiger partial charge in [0.1, 0.15) is 18.3 Å². The van der Waals surface area contributed by atoms with E-state index >= 15 is 0 Å². The van der Waals surface area contributed by atoms with Gasteiger partial charge < -0.3 is 15.0 Å². The Morgan fingerprint density at radius 1 is 1.31 bits per heavy atom. The van der Waals surface area contributed by atoms with Crippen molar-refractivity contribution >= 4 is 17.9 Å². The minimum absolute atomic E-state index is 0.264. The number of halogens is 3. The zero-order chi connectivity index (χ0) is 19.7. The van der Waals surface area contributed by atoms with E-state index in [1.54, 1.807) is 24.3 Å². The molecule has 142 valence electrons. The highest BCUT2D eigenvalue weighted by Gasteiger charge is 2.34. The predicted molar refractivity (Wildman–Crippen MR) is 92.5 cm³/mol. The van der Waals surface area contributed by atoms with Crippen molar-refractivity contribution in [2.75, 3.05) is 20.2 Å². The summed E-state index contributed by atoms with van der Waals surface area (Å²) >= 11 is 0. The summed E-state index contributed by atoms with van der Waals surface area (Å²) in [6.45, 7) is 3.00. The standard InChI is InChI=1S/C18H21F3N2O3/c1-4-11-23(12-18(19,20)21)17(25)13(2)22-16(24)10-7-14-5-8-15(26-3)9-6-14/h4-10,13H,1,11-12H2,2-3H3,(H,22,24)/b10-7+. The molecule has 26 heavy (non-hydrogen) atoms. The second-order valence-corrected chi connectivity index (χ2v) is 5.46. The number of amides is 2. The molecule has 0 aromatic heterocycles. The molecule has 1 aromatic carbocycles. The molecule has 0 heterocycles. The molecule has 1 aromatic rings. The SMILES string of the molecule is C=CCN(CC(F)(F)F)C(=O)C(C)NC(=O)/C=C/c1ccc(OC)cc1. The maximum Gasteiger partial charge on any atom is 0.406 e. The maximum absolute atomic E-state index is 12.5. The molecule has 8 heteroatoms. The quantitative estimate of drug-likeness (QED) is 0.566. The Morgan fingerprint density at radius 2 is 1.92 bits per heavy atom. The summed E-state index contributed by atoms with van der Waals surface area (Å²) in [7, 11) is 1.53. The molecule has 5 nitrogen and oxygen atoms in total. The highest BCUT2D eigenvalue weighted by Crippen LogP contribution is 2.17. The molecule has 0 aliphatic carbocycles. The van der Waals surface area contributed by atoms with Gasteiger partial charge in [0.25, 0.3) is 0 Å². The molecule has 1 rings (SSSR count). The number of hydrogen-bond acceptors (Lipinski definition) is 3. The van der Waals surface area contributed by atoms with E-state index < -0.39 is 30.6 Å². The summed E-state index contributed by atoms with van der Waals surface area (Å²) < 4.78 is 42.6. The van der Waals surface area contributed by atoms with Gasteiger partial charge in [0.05, 0.1) is 7.11 Å². The van der Waals surface area contributed by atoms with Crippen LogP contribution in [0.4, 0.5) is 13.2 Å². The summed E-state index contributed by atoms with van der Waals surface area (Å²) in [5.74, 6) is -0.765. The molecule has 0 spiro atoms. The van der Waals surface area contributed by atoms with Crippen molar-refractivity contribution in [1.82, 2.24) is 10.2 Å². The fourth-order valence-corrected chi connectivity index (χ4v) is 2.09. The largest absolute Gasteiger partial charge is 0.497 e. The van der Waals surface area contributed by atoms with Crippen LogP contribution in [0.25, 0.3) is 6.08 Å². The van der Waals surface area contributed by atoms with Crippen LogP contribution < -0.4 is 10.1 Å². The van der Waals surface area contributed by atoms with E-state index in [1.807, 2.05) is 0 Å². The Balaban J connectivity index is 2.66. The number of carbonyl (C=O) groups is 2. The van der Waals surface area contributed by atoms with Gasteiger partial charge in [-0.3, -0.25) is 9.59 Å². The second kappa shape index (κ2) is 9.65. The fraction of sp³-hybridized carbons (Fsp3) is 0.333. The van der Waals surface area contributed by atoms with Crippen molar-refractivity contribution < 1.29 is 27.5 Å². The summed E-state index contributed by atoms with van der Waals surface area (Å²) in [6, 6.07) is 5.78. The molecule has 1 atom stereocenters. The molecule has 2 amide bonds. The molecule has 0 aliphatic rings. The van der Waals surface area contributed by atoms with Crippen molar-refractivity contribution in [3.05, 3.63) is 48.6 Å². The van der Waals surface area contributed by atoms with Crippen LogP contribution in [0.15, 0.2) is 43.0 Å². The number of benzene rings is 1. The van der Waals surface area contributed by atoms with Gasteiger partial charge in [0, 0.05) is 12.6 Å². The first kappa shape index (κ1) is 21.3. The van der Waals surface area contributed by atoms with Crippen LogP contribution in [0, 0.1) is 0 Å². The van der Waals surface area contributed by atoms with Crippen LogP contribution in [0.2, 0.25) is 0 Å². The monoisotopic (exact) mass is 370 g/mol. The lowest BCUT2D eigenvalue weighted by molar-refractivity contribution is -0.161. The van der Waals surface area contributed by atoms with E-state index in [-0.39, 0.29) is 6.54 Å². The van der Waals surface area contributed by atoms with Crippen molar-refractivity contribution in [3.63, 3.8) is 0 Å². The van der Waals surface area contributed by atoms with Gasteiger partial charge in [0.2, 0.25) is 11.8 Å². The number of nitrogens with one attached hydrogen (secondary N) is 1. The topological polar surface area (TPSA) is 58.6 Å². The first-order chi connectivity index (χ1) is 12.2. The molecular formula is C18H21F3N2O3. The predicted octanol–water partition coefficient (Wildman–Crippen LogP) is 2.79. The molecule has 0 saturated heterocycles. The number of alkyl halides is 3. The van der Waals surface area contributed by atoms with Crippen LogP contribution in [0.1, 0.15) is 12.5 Å². The van der Waals surface area contributed by atoms with Crippen LogP contribution in [-0.2, 0) is 9.59 Å². The van der Waals surface area contributed by atoms with Crippen LogP contribution in [0.5, 0.6) is 5.75 Å². The molecule has 0 bridgehead atoms. The molecule has 1 N–H and O–H groups in total. The molecular weight excluding hydrogens is 349 g/mol. The zero-order valence-electron chi connectivity index (χ0n) is 14.5. The first-order valence-electron chi connectivity index (χ1n) is 7.75. The molecule has 0 saturated carbocycles. The second-order valence-electron chi connectivity index (χ2n) is 5.46. The van der Waals surface area contributed by atoms with Crippen molar-refractivity contribution in [2.45, 2.75) is 19.1 Å². The van der Waals surface area contributed by atoms with Gasteiger partial charge in [-0.05, 0) is 30.7 Å². The van der Waals surface area contributed by atoms with Gasteiger partial charge in [0.15, 0.2) is 0 Å². The Kier molecular flexibility index (Phi) is 7.89. The van der Waals surface area contributed by atoms with E-state index in [9.17, 15) is 22.8 Å². The van der Waals surface area contributed by atoms with Crippen LogP contribution in [-0.4, -0.2) is 49.1 Å². The van der Waals surface area contributed by atoms with Crippen molar-refractivity contribution in [2.24, 2.45) is 0 Å². The summed E-state index contributed by atoms with van der Waals surface area (Å²) in [4.78, 5) is 24.6. The lowest BCUT2D eigenvalue weighted by atomic mass is 10.2. The van der Waals surface area contributed by atoms with Crippen molar-refractivity contribution in [1.29, 1.82) is 0 Å². The number of hydrogen-bond donors (Lipinski definition) is 1. The molecule has 0 radical (unpaired) electrons. The molecule has 0 aliphatic heterocycles. The van der Waals surface area contributed by atoms with Gasteiger partial charge in [-0.1, -0.05) is 18.2 Å². The maximum atomic E-state index is 12.5. The third kappa shape index (κ3) is 7.42. The van der Waals surface area contributed by atoms with E-state index in [0.717, 1.165) is 5.56 Å². The Bertz CT molecular complexity index is 655. The highest BCUT2D eigenvalue weighted by molar-refractivity contribution is 5.95. The minimum Gasteiger partial charge on any atom is -0.497 e. The third-order valence-electron chi connectivity index (χ3n) is 3.30. The van der Waals surface area contributed by atoms with Crippen molar-refractivity contribution in [3.8, 4) is 5.75 Å². The Labute approximate surface area is 150 Å². The molecule has 1 unspecified atom stereocenters. The van der Waals surface area contributed by atoms with Gasteiger partial charge in [-0.15, -0.1) is 6.58 Å². The normalized spacial score (nSPS) is 12.5. The smallest absolute Gasteiger partial charge is 0.406 e. The lowest BCUT2D eigenvalue weighted by Gasteiger charge is -2.25. The zero-order valence-corrected chi connectivity index (χ0v) is 14.5. The number of methoxy groups -OCH3 is 1. The fourth-order valence-electron chi connectivity index (χ4n) is 2.09. The average molecular weight is 370 g/mol. The van der Waals surface area contributed by atoms with Crippen LogP contribution in [0.3, 0.4) is 0 Å². The number of rotatable bonds is 8. The number of ether oxygens (including phenoxy) is 1. The molecule has 0 fully saturated rings. The summed E-state index contributed by atoms with van der Waals surface area (Å²) in [6.07, 6.45) is -0.616. The number of nitrogens with zero attached hydrogens (tertiary/aromatic N) is 1. The van der Waals surface area contributed by atoms with Crippen LogP contribution >= 0.6 is 0 Å².